The summed E-state index contributed by atoms with van der Waals surface area (Å²) >= 11 is 5.49. The number of nitrogens with zero attached hydrogens (tertiary/aromatic N) is 2. The molecule has 0 saturated carbocycles. The number of hydrogen-bond donors (Lipinski definition) is 1. The van der Waals surface area contributed by atoms with Crippen LogP contribution < -0.4 is 10.1 Å². The van der Waals surface area contributed by atoms with Crippen molar-refractivity contribution < 1.29 is 9.13 Å². The van der Waals surface area contributed by atoms with Gasteiger partial charge in [-0.05, 0) is 54.5 Å². The lowest BCUT2D eigenvalue weighted by Crippen LogP contribution is -2.36. The molecule has 4 nitrogen and oxygen atoms in total. The van der Waals surface area contributed by atoms with E-state index in [0.717, 1.165) is 29.1 Å². The zero-order chi connectivity index (χ0) is 17.8. The molecule has 6 heteroatoms. The Labute approximate surface area is 152 Å². The van der Waals surface area contributed by atoms with Crippen LogP contribution in [0.25, 0.3) is 0 Å². The predicted molar refractivity (Wildman–Crippen MR) is 101 cm³/mol. The fourth-order valence-corrected chi connectivity index (χ4v) is 3.14. The summed E-state index contributed by atoms with van der Waals surface area (Å²) in [6.07, 6.45) is 0.698. The van der Waals surface area contributed by atoms with Gasteiger partial charge in [-0.1, -0.05) is 24.3 Å². The molecule has 3 rings (SSSR count). The first kappa shape index (κ1) is 17.4. The molecule has 2 aromatic rings. The average Bonchev–Trinajstić information content (AvgIpc) is 3.08. The van der Waals surface area contributed by atoms with E-state index in [1.807, 2.05) is 36.2 Å². The average molecular weight is 357 g/mol. The second-order valence-electron chi connectivity index (χ2n) is 5.73. The van der Waals surface area contributed by atoms with E-state index in [4.69, 9.17) is 22.1 Å². The fourth-order valence-electron chi connectivity index (χ4n) is 2.83. The highest BCUT2D eigenvalue weighted by Gasteiger charge is 2.31. The van der Waals surface area contributed by atoms with E-state index in [1.54, 1.807) is 19.2 Å². The molecule has 0 radical (unpaired) electrons. The van der Waals surface area contributed by atoms with Crippen LogP contribution in [0.2, 0.25) is 0 Å². The Morgan fingerprint density at radius 3 is 2.52 bits per heavy atom. The molecular formula is C19H20FN3OS. The third-order valence-electron chi connectivity index (χ3n) is 4.12. The highest BCUT2D eigenvalue weighted by atomic mass is 32.1. The molecule has 0 amide bonds. The minimum Gasteiger partial charge on any atom is -0.497 e. The molecule has 130 valence electrons. The lowest BCUT2D eigenvalue weighted by Gasteiger charge is -2.24. The van der Waals surface area contributed by atoms with Crippen LogP contribution in [0.4, 0.5) is 4.39 Å². The molecular weight excluding hydrogens is 337 g/mol. The van der Waals surface area contributed by atoms with E-state index in [0.29, 0.717) is 11.5 Å². The normalized spacial score (nSPS) is 16.5. The van der Waals surface area contributed by atoms with Gasteiger partial charge in [0, 0.05) is 13.0 Å². The number of halogens is 1. The summed E-state index contributed by atoms with van der Waals surface area (Å²) in [4.78, 5) is 0. The number of methoxy groups -OCH3 is 1. The third kappa shape index (κ3) is 3.79. The van der Waals surface area contributed by atoms with Gasteiger partial charge >= 0.3 is 0 Å². The van der Waals surface area contributed by atoms with E-state index in [9.17, 15) is 4.39 Å². The van der Waals surface area contributed by atoms with E-state index in [-0.39, 0.29) is 11.9 Å². The van der Waals surface area contributed by atoms with Gasteiger partial charge in [-0.3, -0.25) is 0 Å². The molecule has 0 fully saturated rings. The van der Waals surface area contributed by atoms with Gasteiger partial charge in [0.15, 0.2) is 5.11 Å². The minimum absolute atomic E-state index is 0.00231. The second kappa shape index (κ2) is 7.61. The van der Waals surface area contributed by atoms with Crippen molar-refractivity contribution in [1.82, 2.24) is 10.3 Å². The van der Waals surface area contributed by atoms with E-state index in [2.05, 4.69) is 5.32 Å². The number of hydrazone groups is 1. The van der Waals surface area contributed by atoms with Crippen LogP contribution in [0.5, 0.6) is 5.75 Å². The molecule has 0 bridgehead atoms. The molecule has 1 aliphatic rings. The van der Waals surface area contributed by atoms with Gasteiger partial charge < -0.3 is 10.1 Å². The minimum atomic E-state index is -0.255. The smallest absolute Gasteiger partial charge is 0.190 e. The van der Waals surface area contributed by atoms with Crippen molar-refractivity contribution in [3.63, 3.8) is 0 Å². The summed E-state index contributed by atoms with van der Waals surface area (Å²) in [5.41, 5.74) is 2.89. The van der Waals surface area contributed by atoms with Crippen molar-refractivity contribution in [2.75, 3.05) is 13.7 Å². The Hall–Kier alpha value is -2.47. The van der Waals surface area contributed by atoms with Gasteiger partial charge in [0.2, 0.25) is 0 Å². The highest BCUT2D eigenvalue weighted by Crippen LogP contribution is 2.33. The first-order chi connectivity index (χ1) is 12.1. The molecule has 25 heavy (non-hydrogen) atoms. The summed E-state index contributed by atoms with van der Waals surface area (Å²) in [6.45, 7) is 2.72. The molecule has 0 spiro atoms. The van der Waals surface area contributed by atoms with Crippen molar-refractivity contribution in [3.8, 4) is 5.75 Å². The summed E-state index contributed by atoms with van der Waals surface area (Å²) in [6, 6.07) is 14.3. The molecule has 0 aliphatic carbocycles. The number of ether oxygens (including phenoxy) is 1. The lowest BCUT2D eigenvalue weighted by molar-refractivity contribution is 0.364. The van der Waals surface area contributed by atoms with E-state index in [1.165, 1.54) is 12.1 Å². The molecule has 1 heterocycles. The predicted octanol–water partition coefficient (Wildman–Crippen LogP) is 3.88. The van der Waals surface area contributed by atoms with Crippen LogP contribution in [-0.2, 0) is 0 Å². The first-order valence-corrected chi connectivity index (χ1v) is 8.57. The Kier molecular flexibility index (Phi) is 5.28. The van der Waals surface area contributed by atoms with Gasteiger partial charge in [0.05, 0.1) is 18.9 Å². The van der Waals surface area contributed by atoms with Crippen LogP contribution in [-0.4, -0.2) is 29.5 Å². The van der Waals surface area contributed by atoms with Crippen LogP contribution >= 0.6 is 12.2 Å². The molecule has 2 aromatic carbocycles. The van der Waals surface area contributed by atoms with Gasteiger partial charge in [0.1, 0.15) is 11.6 Å². The summed E-state index contributed by atoms with van der Waals surface area (Å²) in [7, 11) is 1.65. The number of thiocarbonyl (C=S) groups is 1. The van der Waals surface area contributed by atoms with Crippen molar-refractivity contribution >= 4 is 23.0 Å². The van der Waals surface area contributed by atoms with Crippen LogP contribution in [0, 0.1) is 5.82 Å². The summed E-state index contributed by atoms with van der Waals surface area (Å²) < 4.78 is 18.4. The molecule has 1 aliphatic heterocycles. The van der Waals surface area contributed by atoms with E-state index >= 15 is 0 Å². The first-order valence-electron chi connectivity index (χ1n) is 8.16. The number of rotatable bonds is 4. The maximum Gasteiger partial charge on any atom is 0.190 e. The largest absolute Gasteiger partial charge is 0.497 e. The molecule has 1 N–H and O–H groups in total. The summed E-state index contributed by atoms with van der Waals surface area (Å²) in [5.74, 6) is 0.552. The van der Waals surface area contributed by atoms with Crippen LogP contribution in [0.3, 0.4) is 0 Å². The topological polar surface area (TPSA) is 36.9 Å². The zero-order valence-electron chi connectivity index (χ0n) is 14.2. The fraction of sp³-hybridized carbons (Fsp3) is 0.263. The standard InChI is InChI=1S/C19H20FN3OS/c1-3-21-19(25)23-18(14-6-10-16(24-2)11-7-14)12-17(22-23)13-4-8-15(20)9-5-13/h4-11,18H,3,12H2,1-2H3,(H,21,25)/t18-/m1/s1. The molecule has 0 saturated heterocycles. The Morgan fingerprint density at radius 2 is 1.92 bits per heavy atom. The van der Waals surface area contributed by atoms with Crippen molar-refractivity contribution in [1.29, 1.82) is 0 Å². The van der Waals surface area contributed by atoms with Crippen molar-refractivity contribution in [3.05, 3.63) is 65.5 Å². The maximum absolute atomic E-state index is 13.2. The molecule has 0 aromatic heterocycles. The van der Waals surface area contributed by atoms with E-state index < -0.39 is 0 Å². The van der Waals surface area contributed by atoms with Gasteiger partial charge in [0.25, 0.3) is 0 Å². The quantitative estimate of drug-likeness (QED) is 0.843. The van der Waals surface area contributed by atoms with Gasteiger partial charge in [-0.2, -0.15) is 5.10 Å². The van der Waals surface area contributed by atoms with Crippen LogP contribution in [0.15, 0.2) is 53.6 Å². The number of benzene rings is 2. The lowest BCUT2D eigenvalue weighted by atomic mass is 9.98. The molecule has 1 atom stereocenters. The van der Waals surface area contributed by atoms with Crippen molar-refractivity contribution in [2.24, 2.45) is 5.10 Å². The third-order valence-corrected chi connectivity index (χ3v) is 4.46. The van der Waals surface area contributed by atoms with Crippen molar-refractivity contribution in [2.45, 2.75) is 19.4 Å². The van der Waals surface area contributed by atoms with Crippen LogP contribution in [0.1, 0.15) is 30.5 Å². The molecule has 0 unspecified atom stereocenters. The van der Waals surface area contributed by atoms with Gasteiger partial charge in [-0.15, -0.1) is 0 Å². The maximum atomic E-state index is 13.2. The van der Waals surface area contributed by atoms with Gasteiger partial charge in [-0.25, -0.2) is 9.40 Å². The summed E-state index contributed by atoms with van der Waals surface area (Å²) in [5, 5.41) is 10.3. The Bertz CT molecular complexity index is 774. The number of hydrogen-bond acceptors (Lipinski definition) is 3. The Balaban J connectivity index is 1.91. The Morgan fingerprint density at radius 1 is 1.24 bits per heavy atom. The monoisotopic (exact) mass is 357 g/mol. The second-order valence-corrected chi connectivity index (χ2v) is 6.11. The highest BCUT2D eigenvalue weighted by molar-refractivity contribution is 7.80. The number of nitrogens with one attached hydrogen (secondary N) is 1. The SMILES string of the molecule is CCNC(=S)N1N=C(c2ccc(F)cc2)C[C@@H]1c1ccc(OC)cc1. The zero-order valence-corrected chi connectivity index (χ0v) is 15.0.